The van der Waals surface area contributed by atoms with E-state index in [0.717, 1.165) is 17.0 Å². The maximum absolute atomic E-state index is 12.2. The molecule has 0 saturated carbocycles. The van der Waals surface area contributed by atoms with E-state index < -0.39 is 6.10 Å². The minimum Gasteiger partial charge on any atom is -0.481 e. The maximum Gasteiger partial charge on any atom is 0.267 e. The van der Waals surface area contributed by atoms with Crippen LogP contribution in [0.25, 0.3) is 0 Å². The van der Waals surface area contributed by atoms with E-state index in [2.05, 4.69) is 35.2 Å². The third-order valence-corrected chi connectivity index (χ3v) is 3.50. The summed E-state index contributed by atoms with van der Waals surface area (Å²) in [4.78, 5) is 19.2. The van der Waals surface area contributed by atoms with Crippen molar-refractivity contribution in [1.82, 2.24) is 9.97 Å². The van der Waals surface area contributed by atoms with Crippen molar-refractivity contribution in [3.05, 3.63) is 41.2 Å². The van der Waals surface area contributed by atoms with E-state index in [9.17, 15) is 4.79 Å². The van der Waals surface area contributed by atoms with Gasteiger partial charge >= 0.3 is 0 Å². The van der Waals surface area contributed by atoms with E-state index in [1.807, 2.05) is 26.0 Å². The molecule has 0 spiro atoms. The van der Waals surface area contributed by atoms with Gasteiger partial charge in [0.1, 0.15) is 5.75 Å². The van der Waals surface area contributed by atoms with Crippen molar-refractivity contribution >= 4 is 11.9 Å². The smallest absolute Gasteiger partial charge is 0.267 e. The van der Waals surface area contributed by atoms with Gasteiger partial charge in [0.2, 0.25) is 5.95 Å². The Morgan fingerprint density at radius 3 is 2.59 bits per heavy atom. The molecule has 0 radical (unpaired) electrons. The third kappa shape index (κ3) is 3.87. The highest BCUT2D eigenvalue weighted by Crippen LogP contribution is 2.25. The van der Waals surface area contributed by atoms with Crippen LogP contribution in [0, 0.1) is 13.8 Å². The summed E-state index contributed by atoms with van der Waals surface area (Å²) < 4.78 is 5.82. The lowest BCUT2D eigenvalue weighted by Crippen LogP contribution is -2.30. The quantitative estimate of drug-likeness (QED) is 0.887. The van der Waals surface area contributed by atoms with Gasteiger partial charge in [0, 0.05) is 11.9 Å². The summed E-state index contributed by atoms with van der Waals surface area (Å²) in [5, 5.41) is 2.71. The largest absolute Gasteiger partial charge is 0.481 e. The normalized spacial score (nSPS) is 12.3. The first-order chi connectivity index (χ1) is 10.4. The summed E-state index contributed by atoms with van der Waals surface area (Å²) in [6.45, 7) is 9.84. The predicted octanol–water partition coefficient (Wildman–Crippen LogP) is 3.56. The molecule has 1 heterocycles. The lowest BCUT2D eigenvalue weighted by atomic mass is 10.0. The fourth-order valence-corrected chi connectivity index (χ4v) is 2.04. The Morgan fingerprint density at radius 2 is 2.00 bits per heavy atom. The zero-order valence-electron chi connectivity index (χ0n) is 13.7. The number of carbonyl (C=O) groups excluding carboxylic acids is 1. The molecular weight excluding hydrogens is 278 g/mol. The molecule has 0 bridgehead atoms. The molecular formula is C17H23N3O2. The van der Waals surface area contributed by atoms with E-state index in [0.29, 0.717) is 11.9 Å². The molecule has 0 aliphatic heterocycles. The first-order valence-corrected chi connectivity index (χ1v) is 7.46. The number of aromatic amines is 1. The van der Waals surface area contributed by atoms with Gasteiger partial charge in [0.05, 0.1) is 0 Å². The lowest BCUT2D eigenvalue weighted by Gasteiger charge is -2.17. The van der Waals surface area contributed by atoms with Crippen LogP contribution in [0.15, 0.2) is 24.4 Å². The van der Waals surface area contributed by atoms with Crippen molar-refractivity contribution < 1.29 is 9.53 Å². The molecule has 2 aromatic rings. The molecule has 0 aliphatic rings. The molecule has 0 unspecified atom stereocenters. The molecule has 1 atom stereocenters. The number of nitrogens with zero attached hydrogens (tertiary/aromatic N) is 1. The Balaban J connectivity index is 2.06. The van der Waals surface area contributed by atoms with Crippen LogP contribution in [0.4, 0.5) is 5.95 Å². The van der Waals surface area contributed by atoms with Crippen LogP contribution in [0.5, 0.6) is 5.75 Å². The second-order valence-corrected chi connectivity index (χ2v) is 5.84. The highest BCUT2D eigenvalue weighted by atomic mass is 16.5. The van der Waals surface area contributed by atoms with E-state index in [1.165, 1.54) is 5.56 Å². The Labute approximate surface area is 131 Å². The average molecular weight is 301 g/mol. The number of amides is 1. The zero-order valence-corrected chi connectivity index (χ0v) is 13.7. The molecule has 1 aromatic heterocycles. The molecule has 1 aromatic carbocycles. The molecule has 1 amide bonds. The number of nitrogens with one attached hydrogen (secondary N) is 2. The van der Waals surface area contributed by atoms with Gasteiger partial charge in [-0.15, -0.1) is 0 Å². The molecule has 22 heavy (non-hydrogen) atoms. The van der Waals surface area contributed by atoms with E-state index >= 15 is 0 Å². The Morgan fingerprint density at radius 1 is 1.27 bits per heavy atom. The molecule has 5 nitrogen and oxygen atoms in total. The molecule has 0 saturated heterocycles. The van der Waals surface area contributed by atoms with Gasteiger partial charge in [-0.3, -0.25) is 10.1 Å². The standard InChI is InChI=1S/C17H23N3O2/c1-10(2)14-7-6-11(3)15(8-14)22-13(5)16(21)20-17-18-9-12(4)19-17/h6-10,13H,1-5H3,(H2,18,19,20,21)/t13-/m1/s1. The van der Waals surface area contributed by atoms with Crippen molar-refractivity contribution in [3.8, 4) is 5.75 Å². The fraction of sp³-hybridized carbons (Fsp3) is 0.412. The van der Waals surface area contributed by atoms with Gasteiger partial charge in [-0.05, 0) is 43.9 Å². The van der Waals surface area contributed by atoms with Gasteiger partial charge in [-0.25, -0.2) is 4.98 Å². The number of benzene rings is 1. The number of hydrogen-bond donors (Lipinski definition) is 2. The predicted molar refractivity (Wildman–Crippen MR) is 87.3 cm³/mol. The Kier molecular flexibility index (Phi) is 4.85. The zero-order chi connectivity index (χ0) is 16.3. The van der Waals surface area contributed by atoms with Gasteiger partial charge in [-0.2, -0.15) is 0 Å². The lowest BCUT2D eigenvalue weighted by molar-refractivity contribution is -0.122. The number of aromatic nitrogens is 2. The molecule has 0 fully saturated rings. The summed E-state index contributed by atoms with van der Waals surface area (Å²) in [7, 11) is 0. The number of ether oxygens (including phenoxy) is 1. The highest BCUT2D eigenvalue weighted by Gasteiger charge is 2.17. The Bertz CT molecular complexity index is 662. The van der Waals surface area contributed by atoms with Crippen LogP contribution in [0.3, 0.4) is 0 Å². The van der Waals surface area contributed by atoms with Crippen molar-refractivity contribution in [2.75, 3.05) is 5.32 Å². The summed E-state index contributed by atoms with van der Waals surface area (Å²) >= 11 is 0. The monoisotopic (exact) mass is 301 g/mol. The first-order valence-electron chi connectivity index (χ1n) is 7.46. The minimum absolute atomic E-state index is 0.233. The minimum atomic E-state index is -0.605. The van der Waals surface area contributed by atoms with Gasteiger partial charge < -0.3 is 9.72 Å². The van der Waals surface area contributed by atoms with Gasteiger partial charge in [0.15, 0.2) is 6.10 Å². The first kappa shape index (κ1) is 16.1. The average Bonchev–Trinajstić information content (AvgIpc) is 2.86. The number of anilines is 1. The number of carbonyl (C=O) groups is 1. The van der Waals surface area contributed by atoms with Crippen LogP contribution in [0.2, 0.25) is 0 Å². The topological polar surface area (TPSA) is 67.0 Å². The summed E-state index contributed by atoms with van der Waals surface area (Å²) in [6, 6.07) is 6.11. The van der Waals surface area contributed by atoms with Gasteiger partial charge in [0.25, 0.3) is 5.91 Å². The number of aryl methyl sites for hydroxylation is 2. The number of imidazole rings is 1. The SMILES string of the molecule is Cc1cnc(NC(=O)[C@@H](C)Oc2cc(C(C)C)ccc2C)[nH]1. The van der Waals surface area contributed by atoms with Crippen molar-refractivity contribution in [1.29, 1.82) is 0 Å². The molecule has 5 heteroatoms. The second-order valence-electron chi connectivity index (χ2n) is 5.84. The van der Waals surface area contributed by atoms with Gasteiger partial charge in [-0.1, -0.05) is 26.0 Å². The summed E-state index contributed by atoms with van der Waals surface area (Å²) in [5.41, 5.74) is 3.09. The molecule has 0 aliphatic carbocycles. The maximum atomic E-state index is 12.2. The number of rotatable bonds is 5. The van der Waals surface area contributed by atoms with Crippen LogP contribution in [-0.2, 0) is 4.79 Å². The summed E-state index contributed by atoms with van der Waals surface area (Å²) in [5.74, 6) is 1.36. The molecule has 2 rings (SSSR count). The van der Waals surface area contributed by atoms with E-state index in [-0.39, 0.29) is 5.91 Å². The van der Waals surface area contributed by atoms with Crippen LogP contribution in [0.1, 0.15) is 43.5 Å². The fourth-order valence-electron chi connectivity index (χ4n) is 2.04. The van der Waals surface area contributed by atoms with E-state index in [1.54, 1.807) is 13.1 Å². The Hall–Kier alpha value is -2.30. The molecule has 2 N–H and O–H groups in total. The number of H-pyrrole nitrogens is 1. The molecule has 118 valence electrons. The van der Waals surface area contributed by atoms with Crippen molar-refractivity contribution in [2.24, 2.45) is 0 Å². The van der Waals surface area contributed by atoms with Crippen molar-refractivity contribution in [3.63, 3.8) is 0 Å². The van der Waals surface area contributed by atoms with Crippen LogP contribution in [-0.4, -0.2) is 22.0 Å². The second kappa shape index (κ2) is 6.64. The van der Waals surface area contributed by atoms with E-state index in [4.69, 9.17) is 4.74 Å². The third-order valence-electron chi connectivity index (χ3n) is 3.50. The highest BCUT2D eigenvalue weighted by molar-refractivity contribution is 5.92. The van der Waals surface area contributed by atoms with Crippen molar-refractivity contribution in [2.45, 2.75) is 46.6 Å². The number of hydrogen-bond acceptors (Lipinski definition) is 3. The van der Waals surface area contributed by atoms with Crippen LogP contribution < -0.4 is 10.1 Å². The van der Waals surface area contributed by atoms with Crippen LogP contribution >= 0.6 is 0 Å². The summed E-state index contributed by atoms with van der Waals surface area (Å²) in [6.07, 6.45) is 1.06.